The van der Waals surface area contributed by atoms with E-state index in [0.717, 1.165) is 18.8 Å². The molecule has 0 aromatic carbocycles. The minimum Gasteiger partial charge on any atom is -0.337 e. The Bertz CT molecular complexity index is 349. The molecule has 0 aromatic rings. The van der Waals surface area contributed by atoms with E-state index in [9.17, 15) is 4.79 Å². The molecule has 16 heavy (non-hydrogen) atoms. The van der Waals surface area contributed by atoms with Crippen LogP contribution in [0, 0.1) is 16.7 Å². The molecule has 2 aliphatic rings. The summed E-state index contributed by atoms with van der Waals surface area (Å²) in [6, 6.07) is 2.17. The Hall–Kier alpha value is -0.730. The van der Waals surface area contributed by atoms with Gasteiger partial charge in [0.1, 0.15) is 10.9 Å². The van der Waals surface area contributed by atoms with Crippen LogP contribution in [0.5, 0.6) is 0 Å². The van der Waals surface area contributed by atoms with E-state index in [4.69, 9.17) is 5.26 Å². The monoisotopic (exact) mass is 239 g/mol. The normalized spacial score (nSPS) is 27.6. The topological polar surface area (TPSA) is 56.1 Å². The molecule has 2 heterocycles. The molecule has 2 rings (SSSR count). The summed E-state index contributed by atoms with van der Waals surface area (Å²) in [4.78, 5) is 13.8. The second-order valence-corrected chi connectivity index (χ2v) is 6.95. The minimum atomic E-state index is -0.306. The number of thioether (sulfide) groups is 1. The van der Waals surface area contributed by atoms with E-state index >= 15 is 0 Å². The Labute approximate surface area is 100 Å². The molecule has 0 bridgehead atoms. The van der Waals surface area contributed by atoms with E-state index < -0.39 is 0 Å². The maximum absolute atomic E-state index is 12.0. The molecule has 2 aliphatic heterocycles. The number of hydrogen-bond acceptors (Lipinski definition) is 4. The van der Waals surface area contributed by atoms with E-state index in [1.165, 1.54) is 0 Å². The van der Waals surface area contributed by atoms with Gasteiger partial charge in [-0.25, -0.2) is 0 Å². The zero-order valence-electron chi connectivity index (χ0n) is 9.91. The number of hydrogen-bond donors (Lipinski definition) is 1. The first-order chi connectivity index (χ1) is 7.36. The maximum atomic E-state index is 12.0. The molecular weight excluding hydrogens is 222 g/mol. The zero-order valence-corrected chi connectivity index (χ0v) is 10.7. The fourth-order valence-electron chi connectivity index (χ4n) is 2.08. The summed E-state index contributed by atoms with van der Waals surface area (Å²) in [6.45, 7) is 7.27. The largest absolute Gasteiger partial charge is 0.337 e. The summed E-state index contributed by atoms with van der Waals surface area (Å²) in [7, 11) is 0. The molecule has 0 radical (unpaired) electrons. The molecule has 1 spiro atoms. The quantitative estimate of drug-likeness (QED) is 0.679. The molecular formula is C11H17N3OS. The van der Waals surface area contributed by atoms with Gasteiger partial charge in [-0.05, 0) is 0 Å². The van der Waals surface area contributed by atoms with Crippen LogP contribution in [-0.2, 0) is 4.79 Å². The Balaban J connectivity index is 1.92. The molecule has 2 saturated heterocycles. The molecule has 4 nitrogen and oxygen atoms in total. The summed E-state index contributed by atoms with van der Waals surface area (Å²) in [5.74, 6) is 1.02. The highest BCUT2D eigenvalue weighted by atomic mass is 32.2. The van der Waals surface area contributed by atoms with Crippen molar-refractivity contribution in [1.82, 2.24) is 10.2 Å². The van der Waals surface area contributed by atoms with Gasteiger partial charge in [0.25, 0.3) is 0 Å². The number of nitrogens with zero attached hydrogens (tertiary/aromatic N) is 2. The van der Waals surface area contributed by atoms with Crippen molar-refractivity contribution < 1.29 is 4.79 Å². The van der Waals surface area contributed by atoms with Crippen molar-refractivity contribution in [2.24, 2.45) is 5.41 Å². The van der Waals surface area contributed by atoms with Gasteiger partial charge in [-0.2, -0.15) is 5.26 Å². The summed E-state index contributed by atoms with van der Waals surface area (Å²) in [5.41, 5.74) is -0.306. The van der Waals surface area contributed by atoms with Crippen molar-refractivity contribution in [3.63, 3.8) is 0 Å². The first kappa shape index (κ1) is 11.7. The van der Waals surface area contributed by atoms with Crippen LogP contribution in [0.25, 0.3) is 0 Å². The average molecular weight is 239 g/mol. The van der Waals surface area contributed by atoms with Crippen molar-refractivity contribution in [2.45, 2.75) is 31.7 Å². The van der Waals surface area contributed by atoms with Crippen LogP contribution in [0.4, 0.5) is 0 Å². The van der Waals surface area contributed by atoms with Crippen LogP contribution in [0.3, 0.4) is 0 Å². The number of carbonyl (C=O) groups is 1. The lowest BCUT2D eigenvalue weighted by molar-refractivity contribution is -0.145. The molecule has 88 valence electrons. The van der Waals surface area contributed by atoms with Gasteiger partial charge >= 0.3 is 0 Å². The lowest BCUT2D eigenvalue weighted by Crippen LogP contribution is -2.68. The molecule has 0 saturated carbocycles. The van der Waals surface area contributed by atoms with Crippen LogP contribution in [-0.4, -0.2) is 40.6 Å². The predicted octanol–water partition coefficient (Wildman–Crippen LogP) is 0.800. The van der Waals surface area contributed by atoms with Crippen LogP contribution in [0.1, 0.15) is 20.8 Å². The van der Waals surface area contributed by atoms with Crippen LogP contribution in [0.15, 0.2) is 0 Å². The van der Waals surface area contributed by atoms with Crippen molar-refractivity contribution in [1.29, 1.82) is 5.26 Å². The highest BCUT2D eigenvalue weighted by Crippen LogP contribution is 2.39. The lowest BCUT2D eigenvalue weighted by Gasteiger charge is -2.49. The second kappa shape index (κ2) is 3.64. The molecule has 1 amide bonds. The van der Waals surface area contributed by atoms with E-state index in [0.29, 0.717) is 0 Å². The number of nitrogens with one attached hydrogen (secondary N) is 1. The average Bonchev–Trinajstić information content (AvgIpc) is 2.56. The molecule has 1 atom stereocenters. The molecule has 0 aliphatic carbocycles. The molecule has 0 aromatic heterocycles. The van der Waals surface area contributed by atoms with Gasteiger partial charge in [0.2, 0.25) is 5.91 Å². The standard InChI is InChI=1S/C11H17N3OS/c1-10(2,3)9(15)14-6-11(7-14)13-8(4-12)5-16-11/h8,13H,5-7H2,1-3H3/t8-/m1/s1. The number of amides is 1. The third-order valence-electron chi connectivity index (χ3n) is 2.94. The predicted molar refractivity (Wildman–Crippen MR) is 63.8 cm³/mol. The lowest BCUT2D eigenvalue weighted by atomic mass is 9.92. The first-order valence-electron chi connectivity index (χ1n) is 5.47. The summed E-state index contributed by atoms with van der Waals surface area (Å²) >= 11 is 1.77. The van der Waals surface area contributed by atoms with E-state index in [1.54, 1.807) is 11.8 Å². The van der Waals surface area contributed by atoms with E-state index in [2.05, 4.69) is 11.4 Å². The molecule has 2 fully saturated rings. The maximum Gasteiger partial charge on any atom is 0.228 e. The van der Waals surface area contributed by atoms with Crippen LogP contribution >= 0.6 is 11.8 Å². The van der Waals surface area contributed by atoms with E-state index in [1.807, 2.05) is 25.7 Å². The smallest absolute Gasteiger partial charge is 0.228 e. The van der Waals surface area contributed by atoms with Gasteiger partial charge < -0.3 is 4.90 Å². The molecule has 1 N–H and O–H groups in total. The highest BCUT2D eigenvalue weighted by Gasteiger charge is 2.51. The van der Waals surface area contributed by atoms with Gasteiger partial charge in [-0.15, -0.1) is 11.8 Å². The zero-order chi connectivity index (χ0) is 12.0. The van der Waals surface area contributed by atoms with Gasteiger partial charge in [0, 0.05) is 11.2 Å². The van der Waals surface area contributed by atoms with Gasteiger partial charge in [-0.3, -0.25) is 10.1 Å². The van der Waals surface area contributed by atoms with Crippen molar-refractivity contribution in [2.75, 3.05) is 18.8 Å². The minimum absolute atomic E-state index is 0.0404. The number of likely N-dealkylation sites (tertiary alicyclic amines) is 1. The molecule has 5 heteroatoms. The van der Waals surface area contributed by atoms with Gasteiger partial charge in [-0.1, -0.05) is 20.8 Å². The summed E-state index contributed by atoms with van der Waals surface area (Å²) in [6.07, 6.45) is 0. The number of rotatable bonds is 0. The van der Waals surface area contributed by atoms with Gasteiger partial charge in [0.05, 0.1) is 19.2 Å². The Morgan fingerprint density at radius 1 is 1.56 bits per heavy atom. The third kappa shape index (κ3) is 1.92. The third-order valence-corrected chi connectivity index (χ3v) is 4.37. The van der Waals surface area contributed by atoms with Crippen LogP contribution in [0.2, 0.25) is 0 Å². The fourth-order valence-corrected chi connectivity index (χ4v) is 3.45. The number of carbonyl (C=O) groups excluding carboxylic acids is 1. The summed E-state index contributed by atoms with van der Waals surface area (Å²) < 4.78 is 0. The Morgan fingerprint density at radius 2 is 2.19 bits per heavy atom. The molecule has 0 unspecified atom stereocenters. The first-order valence-corrected chi connectivity index (χ1v) is 6.45. The van der Waals surface area contributed by atoms with Crippen LogP contribution < -0.4 is 5.32 Å². The van der Waals surface area contributed by atoms with Crippen molar-refractivity contribution >= 4 is 17.7 Å². The van der Waals surface area contributed by atoms with E-state index in [-0.39, 0.29) is 22.2 Å². The number of nitriles is 1. The fraction of sp³-hybridized carbons (Fsp3) is 0.818. The van der Waals surface area contributed by atoms with Gasteiger partial charge in [0.15, 0.2) is 0 Å². The highest BCUT2D eigenvalue weighted by molar-refractivity contribution is 8.01. The Morgan fingerprint density at radius 3 is 2.62 bits per heavy atom. The Kier molecular flexibility index (Phi) is 2.67. The SMILES string of the molecule is CC(C)(C)C(=O)N1CC2(C1)N[C@H](C#N)CS2. The summed E-state index contributed by atoms with van der Waals surface area (Å²) in [5, 5.41) is 12.1. The second-order valence-electron chi connectivity index (χ2n) is 5.54. The van der Waals surface area contributed by atoms with Crippen molar-refractivity contribution in [3.8, 4) is 6.07 Å². The van der Waals surface area contributed by atoms with Crippen molar-refractivity contribution in [3.05, 3.63) is 0 Å².